The lowest BCUT2D eigenvalue weighted by molar-refractivity contribution is -0.113. The number of hydrogen-bond acceptors (Lipinski definition) is 5. The van der Waals surface area contributed by atoms with Gasteiger partial charge in [0.15, 0.2) is 5.16 Å². The number of thioether (sulfide) groups is 1. The van der Waals surface area contributed by atoms with Gasteiger partial charge < -0.3 is 14.6 Å². The molecule has 0 unspecified atom stereocenters. The Balaban J connectivity index is 1.50. The minimum Gasteiger partial charge on any atom is -0.497 e. The van der Waals surface area contributed by atoms with Gasteiger partial charge in [-0.15, -0.1) is 10.2 Å². The molecule has 7 heteroatoms. The van der Waals surface area contributed by atoms with Gasteiger partial charge in [-0.05, 0) is 62.4 Å². The van der Waals surface area contributed by atoms with Crippen molar-refractivity contribution in [3.8, 4) is 5.75 Å². The molecule has 2 aromatic carbocycles. The fourth-order valence-corrected chi connectivity index (χ4v) is 4.34. The topological polar surface area (TPSA) is 69.0 Å². The molecule has 0 radical (unpaired) electrons. The van der Waals surface area contributed by atoms with Gasteiger partial charge in [0.1, 0.15) is 11.6 Å². The molecule has 1 aromatic heterocycles. The zero-order valence-electron chi connectivity index (χ0n) is 18.9. The molecule has 0 bridgehead atoms. The Hall–Kier alpha value is -2.80. The predicted octanol–water partition coefficient (Wildman–Crippen LogP) is 4.66. The number of aryl methyl sites for hydroxylation is 5. The van der Waals surface area contributed by atoms with Gasteiger partial charge in [0.05, 0.1) is 12.9 Å². The van der Waals surface area contributed by atoms with E-state index >= 15 is 0 Å². The Morgan fingerprint density at radius 1 is 1.06 bits per heavy atom. The van der Waals surface area contributed by atoms with Crippen LogP contribution in [0, 0.1) is 20.8 Å². The SMILES string of the molecule is COc1ccc(CCCc2nnc(SCC(=O)Nc3c(C)cc(C)cc3C)n2C)cc1. The third kappa shape index (κ3) is 6.10. The molecule has 3 aromatic rings. The van der Waals surface area contributed by atoms with Crippen LogP contribution in [-0.2, 0) is 24.7 Å². The Bertz CT molecular complexity index is 1020. The maximum Gasteiger partial charge on any atom is 0.234 e. The van der Waals surface area contributed by atoms with Crippen LogP contribution in [0.3, 0.4) is 0 Å². The Kier molecular flexibility index (Phi) is 7.74. The van der Waals surface area contributed by atoms with E-state index in [-0.39, 0.29) is 5.91 Å². The van der Waals surface area contributed by atoms with E-state index in [4.69, 9.17) is 4.74 Å². The molecule has 0 aliphatic rings. The molecule has 1 amide bonds. The number of carbonyl (C=O) groups is 1. The smallest absolute Gasteiger partial charge is 0.234 e. The maximum absolute atomic E-state index is 12.5. The first-order chi connectivity index (χ1) is 14.9. The van der Waals surface area contributed by atoms with Crippen LogP contribution in [0.15, 0.2) is 41.6 Å². The zero-order valence-corrected chi connectivity index (χ0v) is 19.7. The van der Waals surface area contributed by atoms with Crippen molar-refractivity contribution in [1.82, 2.24) is 14.8 Å². The number of hydrogen-bond donors (Lipinski definition) is 1. The van der Waals surface area contributed by atoms with Gasteiger partial charge in [-0.2, -0.15) is 0 Å². The van der Waals surface area contributed by atoms with Gasteiger partial charge in [0.2, 0.25) is 5.91 Å². The van der Waals surface area contributed by atoms with Crippen molar-refractivity contribution in [2.75, 3.05) is 18.2 Å². The number of nitrogens with zero attached hydrogens (tertiary/aromatic N) is 3. The van der Waals surface area contributed by atoms with Crippen LogP contribution >= 0.6 is 11.8 Å². The number of carbonyl (C=O) groups excluding carboxylic acids is 1. The normalized spacial score (nSPS) is 10.9. The predicted molar refractivity (Wildman–Crippen MR) is 126 cm³/mol. The number of rotatable bonds is 9. The second-order valence-electron chi connectivity index (χ2n) is 7.77. The highest BCUT2D eigenvalue weighted by molar-refractivity contribution is 7.99. The van der Waals surface area contributed by atoms with Crippen molar-refractivity contribution in [1.29, 1.82) is 0 Å². The summed E-state index contributed by atoms with van der Waals surface area (Å²) in [6.45, 7) is 6.09. The Morgan fingerprint density at radius 3 is 2.39 bits per heavy atom. The summed E-state index contributed by atoms with van der Waals surface area (Å²) in [5.74, 6) is 2.06. The van der Waals surface area contributed by atoms with Crippen LogP contribution < -0.4 is 10.1 Å². The molecule has 0 spiro atoms. The summed E-state index contributed by atoms with van der Waals surface area (Å²) in [6.07, 6.45) is 2.79. The molecule has 0 aliphatic carbocycles. The molecule has 0 saturated carbocycles. The van der Waals surface area contributed by atoms with Gasteiger partial charge in [-0.25, -0.2) is 0 Å². The fourth-order valence-electron chi connectivity index (χ4n) is 3.61. The van der Waals surface area contributed by atoms with E-state index in [9.17, 15) is 4.79 Å². The van der Waals surface area contributed by atoms with E-state index in [1.165, 1.54) is 22.9 Å². The summed E-state index contributed by atoms with van der Waals surface area (Å²) in [7, 11) is 3.63. The first-order valence-electron chi connectivity index (χ1n) is 10.4. The van der Waals surface area contributed by atoms with Gasteiger partial charge in [0, 0.05) is 19.2 Å². The van der Waals surface area contributed by atoms with Crippen molar-refractivity contribution in [3.63, 3.8) is 0 Å². The standard InChI is InChI=1S/C24H30N4O2S/c1-16-13-17(2)23(18(3)14-16)25-22(29)15-31-24-27-26-21(28(24)4)8-6-7-19-9-11-20(30-5)12-10-19/h9-14H,6-8,15H2,1-5H3,(H,25,29). The van der Waals surface area contributed by atoms with Crippen LogP contribution in [0.1, 0.15) is 34.5 Å². The average Bonchev–Trinajstić information content (AvgIpc) is 3.09. The second-order valence-corrected chi connectivity index (χ2v) is 8.71. The molecule has 164 valence electrons. The molecule has 1 N–H and O–H groups in total. The molecule has 0 atom stereocenters. The summed E-state index contributed by atoms with van der Waals surface area (Å²) >= 11 is 1.41. The van der Waals surface area contributed by atoms with Crippen LogP contribution in [0.4, 0.5) is 5.69 Å². The van der Waals surface area contributed by atoms with Gasteiger partial charge in [0.25, 0.3) is 0 Å². The third-order valence-corrected chi connectivity index (χ3v) is 6.24. The van der Waals surface area contributed by atoms with E-state index in [0.29, 0.717) is 5.75 Å². The molecule has 6 nitrogen and oxygen atoms in total. The molecule has 3 rings (SSSR count). The van der Waals surface area contributed by atoms with E-state index in [0.717, 1.165) is 52.8 Å². The highest BCUT2D eigenvalue weighted by Gasteiger charge is 2.13. The summed E-state index contributed by atoms with van der Waals surface area (Å²) in [4.78, 5) is 12.5. The average molecular weight is 439 g/mol. The quantitative estimate of drug-likeness (QED) is 0.492. The zero-order chi connectivity index (χ0) is 22.4. The lowest BCUT2D eigenvalue weighted by atomic mass is 10.1. The van der Waals surface area contributed by atoms with E-state index in [2.05, 4.69) is 46.7 Å². The van der Waals surface area contributed by atoms with Crippen LogP contribution in [0.5, 0.6) is 5.75 Å². The number of nitrogens with one attached hydrogen (secondary N) is 1. The van der Waals surface area contributed by atoms with Gasteiger partial charge in [-0.1, -0.05) is 41.6 Å². The van der Waals surface area contributed by atoms with Gasteiger partial charge in [-0.3, -0.25) is 4.79 Å². The second kappa shape index (κ2) is 10.5. The highest BCUT2D eigenvalue weighted by Crippen LogP contribution is 2.23. The summed E-state index contributed by atoms with van der Waals surface area (Å²) in [5, 5.41) is 12.4. The van der Waals surface area contributed by atoms with E-state index in [1.54, 1.807) is 7.11 Å². The lowest BCUT2D eigenvalue weighted by Crippen LogP contribution is -2.16. The van der Waals surface area contributed by atoms with Crippen molar-refractivity contribution >= 4 is 23.4 Å². The molecule has 1 heterocycles. The molecule has 31 heavy (non-hydrogen) atoms. The first-order valence-corrected chi connectivity index (χ1v) is 11.4. The van der Waals surface area contributed by atoms with Crippen LogP contribution in [0.25, 0.3) is 0 Å². The number of benzene rings is 2. The molecule has 0 aliphatic heterocycles. The van der Waals surface area contributed by atoms with Gasteiger partial charge >= 0.3 is 0 Å². The molecular formula is C24H30N4O2S. The number of methoxy groups -OCH3 is 1. The number of ether oxygens (including phenoxy) is 1. The summed E-state index contributed by atoms with van der Waals surface area (Å²) < 4.78 is 7.18. The summed E-state index contributed by atoms with van der Waals surface area (Å²) in [5.41, 5.74) is 5.52. The van der Waals surface area contributed by atoms with Crippen molar-refractivity contribution in [3.05, 3.63) is 64.5 Å². The summed E-state index contributed by atoms with van der Waals surface area (Å²) in [6, 6.07) is 12.3. The lowest BCUT2D eigenvalue weighted by Gasteiger charge is -2.12. The van der Waals surface area contributed by atoms with E-state index in [1.807, 2.05) is 37.6 Å². The monoisotopic (exact) mass is 438 g/mol. The maximum atomic E-state index is 12.5. The first kappa shape index (κ1) is 22.9. The minimum atomic E-state index is -0.0379. The molecular weight excluding hydrogens is 408 g/mol. The molecule has 0 fully saturated rings. The fraction of sp³-hybridized carbons (Fsp3) is 0.375. The highest BCUT2D eigenvalue weighted by atomic mass is 32.2. The Labute approximate surface area is 188 Å². The van der Waals surface area contributed by atoms with Crippen molar-refractivity contribution < 1.29 is 9.53 Å². The van der Waals surface area contributed by atoms with Crippen LogP contribution in [0.2, 0.25) is 0 Å². The number of anilines is 1. The Morgan fingerprint density at radius 2 is 1.74 bits per heavy atom. The minimum absolute atomic E-state index is 0.0379. The van der Waals surface area contributed by atoms with E-state index < -0.39 is 0 Å². The van der Waals surface area contributed by atoms with Crippen molar-refractivity contribution in [2.45, 2.75) is 45.2 Å². The third-order valence-electron chi connectivity index (χ3n) is 5.22. The number of aromatic nitrogens is 3. The van der Waals surface area contributed by atoms with Crippen molar-refractivity contribution in [2.24, 2.45) is 7.05 Å². The molecule has 0 saturated heterocycles. The van der Waals surface area contributed by atoms with Crippen LogP contribution in [-0.4, -0.2) is 33.5 Å². The number of amides is 1. The largest absolute Gasteiger partial charge is 0.497 e.